The second kappa shape index (κ2) is 9.73. The van der Waals surface area contributed by atoms with Crippen molar-refractivity contribution in [2.45, 2.75) is 18.9 Å². The fourth-order valence-corrected chi connectivity index (χ4v) is 3.12. The number of halogens is 1. The standard InChI is InChI=1S/C24H24FNO3/c1-28-21-11-5-17(6-12-21)15-23(19-7-13-22(29-2)14-8-19)26-24(27)16-18-3-9-20(25)10-4-18/h3-14,23H,15-16H2,1-2H3,(H,26,27)/t23-/m1/s1. The van der Waals surface area contributed by atoms with Crippen molar-refractivity contribution < 1.29 is 18.7 Å². The van der Waals surface area contributed by atoms with Gasteiger partial charge in [0, 0.05) is 0 Å². The third kappa shape index (κ3) is 5.82. The summed E-state index contributed by atoms with van der Waals surface area (Å²) in [7, 11) is 3.25. The van der Waals surface area contributed by atoms with Gasteiger partial charge in [0.25, 0.3) is 0 Å². The number of amides is 1. The maximum absolute atomic E-state index is 13.1. The molecule has 0 saturated carbocycles. The van der Waals surface area contributed by atoms with Gasteiger partial charge in [0.15, 0.2) is 0 Å². The number of carbonyl (C=O) groups excluding carboxylic acids is 1. The van der Waals surface area contributed by atoms with Gasteiger partial charge in [-0.2, -0.15) is 0 Å². The van der Waals surface area contributed by atoms with Crippen LogP contribution in [0.2, 0.25) is 0 Å². The minimum absolute atomic E-state index is 0.120. The lowest BCUT2D eigenvalue weighted by atomic mass is 9.98. The Labute approximate surface area is 170 Å². The molecule has 0 spiro atoms. The molecule has 0 saturated heterocycles. The van der Waals surface area contributed by atoms with Gasteiger partial charge < -0.3 is 14.8 Å². The lowest BCUT2D eigenvalue weighted by Gasteiger charge is -2.20. The molecule has 4 nitrogen and oxygen atoms in total. The molecule has 150 valence electrons. The van der Waals surface area contributed by atoms with Crippen LogP contribution in [-0.2, 0) is 17.6 Å². The first-order valence-electron chi connectivity index (χ1n) is 9.38. The number of methoxy groups -OCH3 is 2. The van der Waals surface area contributed by atoms with Gasteiger partial charge in [-0.15, -0.1) is 0 Å². The normalized spacial score (nSPS) is 11.6. The summed E-state index contributed by atoms with van der Waals surface area (Å²) in [6.45, 7) is 0. The Bertz CT molecular complexity index is 922. The molecule has 29 heavy (non-hydrogen) atoms. The van der Waals surface area contributed by atoms with Crippen LogP contribution in [0.15, 0.2) is 72.8 Å². The van der Waals surface area contributed by atoms with E-state index in [-0.39, 0.29) is 24.2 Å². The van der Waals surface area contributed by atoms with Crippen molar-refractivity contribution in [1.82, 2.24) is 5.32 Å². The highest BCUT2D eigenvalue weighted by atomic mass is 19.1. The van der Waals surface area contributed by atoms with Crippen LogP contribution in [-0.4, -0.2) is 20.1 Å². The number of hydrogen-bond acceptors (Lipinski definition) is 3. The van der Waals surface area contributed by atoms with Gasteiger partial charge in [0.05, 0.1) is 26.7 Å². The van der Waals surface area contributed by atoms with Crippen LogP contribution in [0.25, 0.3) is 0 Å². The minimum Gasteiger partial charge on any atom is -0.497 e. The SMILES string of the molecule is COc1ccc(C[C@@H](NC(=O)Cc2ccc(F)cc2)c2ccc(OC)cc2)cc1. The maximum Gasteiger partial charge on any atom is 0.224 e. The van der Waals surface area contributed by atoms with E-state index in [0.29, 0.717) is 6.42 Å². The quantitative estimate of drug-likeness (QED) is 0.614. The highest BCUT2D eigenvalue weighted by molar-refractivity contribution is 5.79. The van der Waals surface area contributed by atoms with E-state index < -0.39 is 0 Å². The van der Waals surface area contributed by atoms with E-state index in [1.54, 1.807) is 26.4 Å². The smallest absolute Gasteiger partial charge is 0.224 e. The molecule has 0 bridgehead atoms. The van der Waals surface area contributed by atoms with E-state index >= 15 is 0 Å². The lowest BCUT2D eigenvalue weighted by Crippen LogP contribution is -2.31. The highest BCUT2D eigenvalue weighted by Gasteiger charge is 2.16. The van der Waals surface area contributed by atoms with E-state index in [0.717, 1.165) is 28.2 Å². The molecule has 0 fully saturated rings. The molecule has 1 atom stereocenters. The van der Waals surface area contributed by atoms with Crippen LogP contribution < -0.4 is 14.8 Å². The number of hydrogen-bond donors (Lipinski definition) is 1. The third-order valence-corrected chi connectivity index (χ3v) is 4.73. The Hall–Kier alpha value is -3.34. The lowest BCUT2D eigenvalue weighted by molar-refractivity contribution is -0.121. The minimum atomic E-state index is -0.315. The van der Waals surface area contributed by atoms with E-state index in [1.807, 2.05) is 48.5 Å². The maximum atomic E-state index is 13.1. The molecule has 3 aromatic rings. The van der Waals surface area contributed by atoms with Crippen LogP contribution in [0.3, 0.4) is 0 Å². The first-order valence-corrected chi connectivity index (χ1v) is 9.38. The van der Waals surface area contributed by atoms with Crippen LogP contribution in [0.4, 0.5) is 4.39 Å². The summed E-state index contributed by atoms with van der Waals surface area (Å²) in [4.78, 5) is 12.6. The summed E-state index contributed by atoms with van der Waals surface area (Å²) in [6.07, 6.45) is 0.820. The van der Waals surface area contributed by atoms with Crippen molar-refractivity contribution in [3.05, 3.63) is 95.3 Å². The Balaban J connectivity index is 1.76. The van der Waals surface area contributed by atoms with Crippen molar-refractivity contribution in [2.75, 3.05) is 14.2 Å². The molecule has 0 aromatic heterocycles. The summed E-state index contributed by atoms with van der Waals surface area (Å²) in [5, 5.41) is 3.11. The molecule has 3 aromatic carbocycles. The largest absolute Gasteiger partial charge is 0.497 e. The van der Waals surface area contributed by atoms with Crippen molar-refractivity contribution in [3.63, 3.8) is 0 Å². The molecule has 0 radical (unpaired) electrons. The molecule has 0 aliphatic carbocycles. The Morgan fingerprint density at radius 3 is 1.90 bits per heavy atom. The summed E-state index contributed by atoms with van der Waals surface area (Å²) >= 11 is 0. The van der Waals surface area contributed by atoms with Gasteiger partial charge in [-0.25, -0.2) is 4.39 Å². The summed E-state index contributed by atoms with van der Waals surface area (Å²) < 4.78 is 23.5. The Kier molecular flexibility index (Phi) is 6.85. The summed E-state index contributed by atoms with van der Waals surface area (Å²) in [5.41, 5.74) is 2.82. The average Bonchev–Trinajstić information content (AvgIpc) is 2.75. The van der Waals surface area contributed by atoms with Gasteiger partial charge >= 0.3 is 0 Å². The van der Waals surface area contributed by atoms with Gasteiger partial charge in [-0.3, -0.25) is 4.79 Å². The number of rotatable bonds is 8. The zero-order chi connectivity index (χ0) is 20.6. The zero-order valence-corrected chi connectivity index (χ0v) is 16.5. The van der Waals surface area contributed by atoms with Gasteiger partial charge in [0.1, 0.15) is 17.3 Å². The fraction of sp³-hybridized carbons (Fsp3) is 0.208. The van der Waals surface area contributed by atoms with Gasteiger partial charge in [-0.05, 0) is 59.5 Å². The number of nitrogens with one attached hydrogen (secondary N) is 1. The molecule has 1 N–H and O–H groups in total. The van der Waals surface area contributed by atoms with E-state index in [1.165, 1.54) is 12.1 Å². The predicted molar refractivity (Wildman–Crippen MR) is 111 cm³/mol. The number of benzene rings is 3. The molecule has 0 aliphatic heterocycles. The number of ether oxygens (including phenoxy) is 2. The van der Waals surface area contributed by atoms with Gasteiger partial charge in [0.2, 0.25) is 5.91 Å². The topological polar surface area (TPSA) is 47.6 Å². The van der Waals surface area contributed by atoms with Crippen molar-refractivity contribution in [3.8, 4) is 11.5 Å². The Morgan fingerprint density at radius 2 is 1.34 bits per heavy atom. The third-order valence-electron chi connectivity index (χ3n) is 4.73. The van der Waals surface area contributed by atoms with Crippen LogP contribution in [0.1, 0.15) is 22.7 Å². The van der Waals surface area contributed by atoms with E-state index in [9.17, 15) is 9.18 Å². The average molecular weight is 393 g/mol. The Morgan fingerprint density at radius 1 is 0.828 bits per heavy atom. The van der Waals surface area contributed by atoms with Crippen molar-refractivity contribution >= 4 is 5.91 Å². The monoisotopic (exact) mass is 393 g/mol. The molecule has 0 heterocycles. The molecule has 0 aliphatic rings. The first kappa shape index (κ1) is 20.4. The van der Waals surface area contributed by atoms with Crippen LogP contribution in [0, 0.1) is 5.82 Å². The second-order valence-electron chi connectivity index (χ2n) is 6.75. The first-order chi connectivity index (χ1) is 14.1. The molecule has 3 rings (SSSR count). The van der Waals surface area contributed by atoms with Gasteiger partial charge in [-0.1, -0.05) is 36.4 Å². The molecule has 5 heteroatoms. The zero-order valence-electron chi connectivity index (χ0n) is 16.5. The van der Waals surface area contributed by atoms with Crippen molar-refractivity contribution in [2.24, 2.45) is 0 Å². The van der Waals surface area contributed by atoms with E-state index in [2.05, 4.69) is 5.32 Å². The van der Waals surface area contributed by atoms with Crippen LogP contribution in [0.5, 0.6) is 11.5 Å². The molecular weight excluding hydrogens is 369 g/mol. The van der Waals surface area contributed by atoms with E-state index in [4.69, 9.17) is 9.47 Å². The number of carbonyl (C=O) groups is 1. The summed E-state index contributed by atoms with van der Waals surface area (Å²) in [6, 6.07) is 21.2. The van der Waals surface area contributed by atoms with Crippen LogP contribution >= 0.6 is 0 Å². The highest BCUT2D eigenvalue weighted by Crippen LogP contribution is 2.23. The molecule has 0 unspecified atom stereocenters. The molecular formula is C24H24FNO3. The molecule has 1 amide bonds. The fourth-order valence-electron chi connectivity index (χ4n) is 3.12. The predicted octanol–water partition coefficient (Wildman–Crippen LogP) is 4.49. The van der Waals surface area contributed by atoms with Crippen molar-refractivity contribution in [1.29, 1.82) is 0 Å². The second-order valence-corrected chi connectivity index (χ2v) is 6.75. The summed E-state index contributed by atoms with van der Waals surface area (Å²) in [5.74, 6) is 1.11.